The molecule has 0 fully saturated rings. The Hall–Kier alpha value is -2.53. The molecule has 1 aromatic rings. The fourth-order valence-corrected chi connectivity index (χ4v) is 1.94. The van der Waals surface area contributed by atoms with Gasteiger partial charge in [0.05, 0.1) is 0 Å². The van der Waals surface area contributed by atoms with Crippen LogP contribution in [0, 0.1) is 37.5 Å². The van der Waals surface area contributed by atoms with Crippen LogP contribution in [0.15, 0.2) is 4.79 Å². The van der Waals surface area contributed by atoms with Crippen molar-refractivity contribution in [3.05, 3.63) is 32.7 Å². The van der Waals surface area contributed by atoms with Crippen LogP contribution in [0.5, 0.6) is 0 Å². The van der Waals surface area contributed by atoms with Crippen LogP contribution < -0.4 is 5.56 Å². The van der Waals surface area contributed by atoms with Gasteiger partial charge < -0.3 is 9.72 Å². The summed E-state index contributed by atoms with van der Waals surface area (Å²) in [7, 11) is 0. The molecule has 0 aliphatic rings. The third-order valence-electron chi connectivity index (χ3n) is 3.01. The smallest absolute Gasteiger partial charge is 0.306 e. The van der Waals surface area contributed by atoms with Crippen LogP contribution in [-0.2, 0) is 16.0 Å². The molecule has 0 bridgehead atoms. The number of aromatic amines is 1. The molecular weight excluding hydrogens is 256 g/mol. The number of aryl methyl sites for hydroxylation is 1. The van der Waals surface area contributed by atoms with E-state index >= 15 is 0 Å². The molecule has 0 saturated carbocycles. The van der Waals surface area contributed by atoms with Gasteiger partial charge in [0, 0.05) is 18.5 Å². The van der Waals surface area contributed by atoms with Gasteiger partial charge in [-0.2, -0.15) is 5.26 Å². The first-order valence-corrected chi connectivity index (χ1v) is 6.22. The first kappa shape index (κ1) is 15.5. The number of H-pyrrole nitrogens is 1. The van der Waals surface area contributed by atoms with Crippen LogP contribution >= 0.6 is 0 Å². The van der Waals surface area contributed by atoms with E-state index in [-0.39, 0.29) is 24.6 Å². The third-order valence-corrected chi connectivity index (χ3v) is 3.01. The number of nitriles is 1. The average Bonchev–Trinajstić information content (AvgIpc) is 2.38. The lowest BCUT2D eigenvalue weighted by Crippen LogP contribution is -2.17. The number of hydrogen-bond acceptors (Lipinski definition) is 4. The van der Waals surface area contributed by atoms with E-state index < -0.39 is 5.56 Å². The van der Waals surface area contributed by atoms with Gasteiger partial charge >= 0.3 is 5.97 Å². The lowest BCUT2D eigenvalue weighted by Gasteiger charge is -2.10. The lowest BCUT2D eigenvalue weighted by molar-refractivity contribution is -0.143. The van der Waals surface area contributed by atoms with Crippen LogP contribution in [0.2, 0.25) is 0 Å². The quantitative estimate of drug-likeness (QED) is 0.498. The minimum absolute atomic E-state index is 0.0892. The summed E-state index contributed by atoms with van der Waals surface area (Å²) >= 11 is 0. The van der Waals surface area contributed by atoms with Gasteiger partial charge in [-0.1, -0.05) is 0 Å². The van der Waals surface area contributed by atoms with Crippen molar-refractivity contribution in [2.75, 3.05) is 6.61 Å². The van der Waals surface area contributed by atoms with Crippen molar-refractivity contribution in [2.24, 2.45) is 0 Å². The van der Waals surface area contributed by atoms with Crippen molar-refractivity contribution in [2.45, 2.75) is 33.1 Å². The Labute approximate surface area is 117 Å². The maximum Gasteiger partial charge on any atom is 0.306 e. The SMILES string of the molecule is C#CCCOC(=O)CCc1c(C)[nH]c(=O)c(C#N)c1C. The van der Waals surface area contributed by atoms with Crippen molar-refractivity contribution in [3.8, 4) is 18.4 Å². The van der Waals surface area contributed by atoms with Gasteiger partial charge in [0.15, 0.2) is 0 Å². The van der Waals surface area contributed by atoms with Crippen molar-refractivity contribution in [1.82, 2.24) is 4.98 Å². The first-order valence-electron chi connectivity index (χ1n) is 6.22. The number of esters is 1. The second-order valence-corrected chi connectivity index (χ2v) is 4.34. The van der Waals surface area contributed by atoms with E-state index in [1.165, 1.54) is 0 Å². The molecular formula is C15H16N2O3. The molecule has 5 heteroatoms. The van der Waals surface area contributed by atoms with E-state index in [2.05, 4.69) is 10.9 Å². The van der Waals surface area contributed by atoms with Gasteiger partial charge in [0.25, 0.3) is 5.56 Å². The van der Waals surface area contributed by atoms with Crippen molar-refractivity contribution in [3.63, 3.8) is 0 Å². The maximum atomic E-state index is 11.6. The van der Waals surface area contributed by atoms with Crippen LogP contribution in [0.4, 0.5) is 0 Å². The summed E-state index contributed by atoms with van der Waals surface area (Å²) in [5.74, 6) is 2.04. The van der Waals surface area contributed by atoms with E-state index in [4.69, 9.17) is 16.4 Å². The summed E-state index contributed by atoms with van der Waals surface area (Å²) in [4.78, 5) is 25.7. The van der Waals surface area contributed by atoms with Crippen LogP contribution in [0.3, 0.4) is 0 Å². The number of nitrogens with zero attached hydrogens (tertiary/aromatic N) is 1. The standard InChI is InChI=1S/C15H16N2O3/c1-4-5-8-20-14(18)7-6-12-10(2)13(9-16)15(19)17-11(12)3/h1H,5-8H2,2-3H3,(H,17,19). The van der Waals surface area contributed by atoms with E-state index in [0.717, 1.165) is 5.56 Å². The molecule has 0 atom stereocenters. The number of rotatable bonds is 5. The summed E-state index contributed by atoms with van der Waals surface area (Å²) in [5, 5.41) is 8.95. The van der Waals surface area contributed by atoms with E-state index in [1.54, 1.807) is 13.8 Å². The zero-order chi connectivity index (χ0) is 15.1. The zero-order valence-corrected chi connectivity index (χ0v) is 11.6. The largest absolute Gasteiger partial charge is 0.465 e. The predicted molar refractivity (Wildman–Crippen MR) is 74.0 cm³/mol. The number of aromatic nitrogens is 1. The number of hydrogen-bond donors (Lipinski definition) is 1. The van der Waals surface area contributed by atoms with Gasteiger partial charge in [0.2, 0.25) is 0 Å². The molecule has 1 aromatic heterocycles. The van der Waals surface area contributed by atoms with Crippen molar-refractivity contribution >= 4 is 5.97 Å². The summed E-state index contributed by atoms with van der Waals surface area (Å²) in [6.45, 7) is 3.66. The predicted octanol–water partition coefficient (Wildman–Crippen LogP) is 1.36. The molecule has 1 N–H and O–H groups in total. The fraction of sp³-hybridized carbons (Fsp3) is 0.400. The van der Waals surface area contributed by atoms with Crippen LogP contribution in [-0.4, -0.2) is 17.6 Å². The molecule has 0 spiro atoms. The first-order chi connectivity index (χ1) is 9.51. The molecule has 0 amide bonds. The molecule has 0 saturated heterocycles. The highest BCUT2D eigenvalue weighted by Crippen LogP contribution is 2.15. The molecule has 0 aliphatic heterocycles. The monoisotopic (exact) mass is 272 g/mol. The molecule has 0 aliphatic carbocycles. The Morgan fingerprint density at radius 3 is 2.75 bits per heavy atom. The normalized spacial score (nSPS) is 9.60. The van der Waals surface area contributed by atoms with Gasteiger partial charge in [-0.3, -0.25) is 9.59 Å². The van der Waals surface area contributed by atoms with E-state index in [1.807, 2.05) is 6.07 Å². The molecule has 5 nitrogen and oxygen atoms in total. The highest BCUT2D eigenvalue weighted by Gasteiger charge is 2.13. The van der Waals surface area contributed by atoms with Gasteiger partial charge in [-0.25, -0.2) is 0 Å². The Kier molecular flexibility index (Phi) is 5.56. The van der Waals surface area contributed by atoms with E-state index in [9.17, 15) is 9.59 Å². The highest BCUT2D eigenvalue weighted by molar-refractivity contribution is 5.69. The third kappa shape index (κ3) is 3.73. The van der Waals surface area contributed by atoms with Gasteiger partial charge in [-0.05, 0) is 31.4 Å². The topological polar surface area (TPSA) is 83.0 Å². The minimum atomic E-state index is -0.400. The fourth-order valence-electron chi connectivity index (χ4n) is 1.94. The molecule has 104 valence electrons. The zero-order valence-electron chi connectivity index (χ0n) is 11.6. The maximum absolute atomic E-state index is 11.6. The Balaban J connectivity index is 2.80. The molecule has 20 heavy (non-hydrogen) atoms. The van der Waals surface area contributed by atoms with Crippen molar-refractivity contribution < 1.29 is 9.53 Å². The Morgan fingerprint density at radius 2 is 2.15 bits per heavy atom. The number of pyridine rings is 1. The summed E-state index contributed by atoms with van der Waals surface area (Å²) in [5.41, 5.74) is 1.78. The van der Waals surface area contributed by atoms with Crippen LogP contribution in [0.1, 0.15) is 35.2 Å². The number of carbonyl (C=O) groups is 1. The number of ether oxygens (including phenoxy) is 1. The highest BCUT2D eigenvalue weighted by atomic mass is 16.5. The van der Waals surface area contributed by atoms with Crippen LogP contribution in [0.25, 0.3) is 0 Å². The molecule has 1 rings (SSSR count). The number of nitrogens with one attached hydrogen (secondary N) is 1. The summed E-state index contributed by atoms with van der Waals surface area (Å²) in [6.07, 6.45) is 6.05. The van der Waals surface area contributed by atoms with E-state index in [0.29, 0.717) is 24.1 Å². The van der Waals surface area contributed by atoms with Gasteiger partial charge in [-0.15, -0.1) is 12.3 Å². The molecule has 1 heterocycles. The molecule has 0 unspecified atom stereocenters. The second-order valence-electron chi connectivity index (χ2n) is 4.34. The summed E-state index contributed by atoms with van der Waals surface area (Å²) in [6, 6.07) is 1.88. The second kappa shape index (κ2) is 7.16. The minimum Gasteiger partial charge on any atom is -0.465 e. The lowest BCUT2D eigenvalue weighted by atomic mass is 9.99. The average molecular weight is 272 g/mol. The molecule has 0 aromatic carbocycles. The Morgan fingerprint density at radius 1 is 1.45 bits per heavy atom. The van der Waals surface area contributed by atoms with Gasteiger partial charge in [0.1, 0.15) is 18.2 Å². The van der Waals surface area contributed by atoms with Crippen molar-refractivity contribution in [1.29, 1.82) is 5.26 Å². The molecule has 0 radical (unpaired) electrons. The Bertz CT molecular complexity index is 645. The number of terminal acetylenes is 1. The summed E-state index contributed by atoms with van der Waals surface area (Å²) < 4.78 is 4.95. The number of carbonyl (C=O) groups excluding carboxylic acids is 1.